The van der Waals surface area contributed by atoms with Gasteiger partial charge in [-0.3, -0.25) is 14.5 Å². The standard InChI is InChI=1S/C20H23N7O3/c1-3-30-20(29)10-4-6-27(7-5-10)19-12(9-21)14-11-8-13(28)26(2)18(11)24-16(22)15(14)17(23)25-19/h10H,3-8H2,1-2H3,(H2,22,24)(H2,23,25). The fraction of sp³-hybridized carbons (Fsp3) is 0.450. The molecular weight excluding hydrogens is 386 g/mol. The van der Waals surface area contributed by atoms with E-state index in [9.17, 15) is 14.9 Å². The molecular formula is C20H23N7O3. The predicted molar refractivity (Wildman–Crippen MR) is 112 cm³/mol. The monoisotopic (exact) mass is 409 g/mol. The molecule has 2 aliphatic heterocycles. The second-order valence-corrected chi connectivity index (χ2v) is 7.50. The Bertz CT molecular complexity index is 1100. The van der Waals surface area contributed by atoms with Crippen molar-refractivity contribution in [3.63, 3.8) is 0 Å². The average molecular weight is 409 g/mol. The van der Waals surface area contributed by atoms with Crippen LogP contribution in [0.1, 0.15) is 30.9 Å². The first kappa shape index (κ1) is 19.7. The van der Waals surface area contributed by atoms with Crippen LogP contribution in [0.15, 0.2) is 0 Å². The van der Waals surface area contributed by atoms with Gasteiger partial charge >= 0.3 is 5.97 Å². The molecule has 10 heteroatoms. The molecule has 0 bridgehead atoms. The number of nitrogens with two attached hydrogens (primary N) is 2. The lowest BCUT2D eigenvalue weighted by molar-refractivity contribution is -0.148. The first-order chi connectivity index (χ1) is 14.4. The molecule has 10 nitrogen and oxygen atoms in total. The highest BCUT2D eigenvalue weighted by Gasteiger charge is 2.33. The molecule has 156 valence electrons. The number of nitrogen functional groups attached to an aromatic ring is 2. The number of anilines is 4. The van der Waals surface area contributed by atoms with Crippen LogP contribution in [0, 0.1) is 17.2 Å². The summed E-state index contributed by atoms with van der Waals surface area (Å²) in [6, 6.07) is 2.24. The Morgan fingerprint density at radius 1 is 1.20 bits per heavy atom. The topological polar surface area (TPSA) is 151 Å². The minimum absolute atomic E-state index is 0.123. The van der Waals surface area contributed by atoms with Crippen LogP contribution in [0.5, 0.6) is 0 Å². The van der Waals surface area contributed by atoms with Gasteiger partial charge in [0, 0.05) is 31.1 Å². The van der Waals surface area contributed by atoms with Crippen LogP contribution >= 0.6 is 0 Å². The Labute approximate surface area is 173 Å². The zero-order valence-corrected chi connectivity index (χ0v) is 16.9. The van der Waals surface area contributed by atoms with Crippen molar-refractivity contribution in [1.29, 1.82) is 5.26 Å². The summed E-state index contributed by atoms with van der Waals surface area (Å²) in [6.07, 6.45) is 1.32. The molecule has 1 fully saturated rings. The summed E-state index contributed by atoms with van der Waals surface area (Å²) in [5.41, 5.74) is 13.3. The number of fused-ring (bicyclic) bond motifs is 3. The van der Waals surface area contributed by atoms with E-state index in [-0.39, 0.29) is 35.9 Å². The van der Waals surface area contributed by atoms with Crippen LogP contribution in [-0.2, 0) is 20.7 Å². The molecule has 4 heterocycles. The summed E-state index contributed by atoms with van der Waals surface area (Å²) in [7, 11) is 1.63. The van der Waals surface area contributed by atoms with E-state index in [1.54, 1.807) is 14.0 Å². The first-order valence-corrected chi connectivity index (χ1v) is 9.87. The SMILES string of the molecule is CCOC(=O)C1CCN(c2nc(N)c3c(N)nc4c(c3c2C#N)CC(=O)N4C)CC1. The lowest BCUT2D eigenvalue weighted by Gasteiger charge is -2.32. The van der Waals surface area contributed by atoms with Crippen LogP contribution in [-0.4, -0.2) is 48.6 Å². The Morgan fingerprint density at radius 3 is 2.43 bits per heavy atom. The number of nitrogens with zero attached hydrogens (tertiary/aromatic N) is 5. The van der Waals surface area contributed by atoms with Crippen molar-refractivity contribution in [2.24, 2.45) is 5.92 Å². The molecule has 1 amide bonds. The van der Waals surface area contributed by atoms with E-state index in [1.807, 2.05) is 4.90 Å². The fourth-order valence-corrected chi connectivity index (χ4v) is 4.26. The molecule has 0 spiro atoms. The van der Waals surface area contributed by atoms with Gasteiger partial charge in [0.05, 0.1) is 24.3 Å². The number of aromatic nitrogens is 2. The number of rotatable bonds is 3. The van der Waals surface area contributed by atoms with E-state index in [0.717, 1.165) is 0 Å². The van der Waals surface area contributed by atoms with Gasteiger partial charge in [-0.2, -0.15) is 5.26 Å². The van der Waals surface area contributed by atoms with E-state index in [1.165, 1.54) is 4.90 Å². The molecule has 2 aromatic heterocycles. The second-order valence-electron chi connectivity index (χ2n) is 7.50. The van der Waals surface area contributed by atoms with Crippen LogP contribution in [0.4, 0.5) is 23.3 Å². The summed E-state index contributed by atoms with van der Waals surface area (Å²) < 4.78 is 5.12. The Morgan fingerprint density at radius 2 is 1.83 bits per heavy atom. The summed E-state index contributed by atoms with van der Waals surface area (Å²) in [4.78, 5) is 36.5. The summed E-state index contributed by atoms with van der Waals surface area (Å²) >= 11 is 0. The third-order valence-corrected chi connectivity index (χ3v) is 5.81. The number of piperidine rings is 1. The smallest absolute Gasteiger partial charge is 0.309 e. The van der Waals surface area contributed by atoms with E-state index in [0.29, 0.717) is 66.1 Å². The summed E-state index contributed by atoms with van der Waals surface area (Å²) in [6.45, 7) is 3.22. The summed E-state index contributed by atoms with van der Waals surface area (Å²) in [5, 5.41) is 10.9. The highest BCUT2D eigenvalue weighted by atomic mass is 16.5. The van der Waals surface area contributed by atoms with Crippen molar-refractivity contribution in [3.8, 4) is 6.07 Å². The van der Waals surface area contributed by atoms with Gasteiger partial charge in [-0.1, -0.05) is 0 Å². The lowest BCUT2D eigenvalue weighted by Crippen LogP contribution is -2.38. The quantitative estimate of drug-likeness (QED) is 0.706. The molecule has 0 aliphatic carbocycles. The maximum absolute atomic E-state index is 12.3. The number of hydrogen-bond donors (Lipinski definition) is 2. The van der Waals surface area contributed by atoms with Gasteiger partial charge in [-0.25, -0.2) is 9.97 Å². The number of likely N-dealkylation sites (N-methyl/N-ethyl adjacent to an activating group) is 1. The van der Waals surface area contributed by atoms with Crippen molar-refractivity contribution in [2.75, 3.05) is 48.0 Å². The van der Waals surface area contributed by atoms with Gasteiger partial charge in [0.2, 0.25) is 5.91 Å². The van der Waals surface area contributed by atoms with Gasteiger partial charge in [0.25, 0.3) is 0 Å². The van der Waals surface area contributed by atoms with Crippen LogP contribution in [0.25, 0.3) is 10.8 Å². The highest BCUT2D eigenvalue weighted by molar-refractivity contribution is 6.13. The number of carbonyl (C=O) groups is 2. The van der Waals surface area contributed by atoms with Crippen LogP contribution in [0.2, 0.25) is 0 Å². The van der Waals surface area contributed by atoms with E-state index >= 15 is 0 Å². The van der Waals surface area contributed by atoms with Gasteiger partial charge in [0.15, 0.2) is 0 Å². The Hall–Kier alpha value is -3.61. The van der Waals surface area contributed by atoms with Crippen molar-refractivity contribution in [3.05, 3.63) is 11.1 Å². The van der Waals surface area contributed by atoms with E-state index < -0.39 is 0 Å². The predicted octanol–water partition coefficient (Wildman–Crippen LogP) is 0.964. The third kappa shape index (κ3) is 2.94. The molecule has 0 radical (unpaired) electrons. The molecule has 0 unspecified atom stereocenters. The average Bonchev–Trinajstić information content (AvgIpc) is 3.02. The van der Waals surface area contributed by atoms with Crippen molar-refractivity contribution in [1.82, 2.24) is 9.97 Å². The van der Waals surface area contributed by atoms with Gasteiger partial charge < -0.3 is 21.1 Å². The minimum atomic E-state index is -0.193. The molecule has 0 aromatic carbocycles. The number of amides is 1. The minimum Gasteiger partial charge on any atom is -0.466 e. The fourth-order valence-electron chi connectivity index (χ4n) is 4.26. The number of nitriles is 1. The second kappa shape index (κ2) is 7.33. The molecule has 2 aliphatic rings. The molecule has 4 rings (SSSR count). The first-order valence-electron chi connectivity index (χ1n) is 9.87. The van der Waals surface area contributed by atoms with E-state index in [2.05, 4.69) is 16.0 Å². The van der Waals surface area contributed by atoms with Gasteiger partial charge in [0.1, 0.15) is 34.9 Å². The molecule has 0 atom stereocenters. The molecule has 1 saturated heterocycles. The molecule has 30 heavy (non-hydrogen) atoms. The van der Waals surface area contributed by atoms with Crippen molar-refractivity contribution >= 4 is 45.9 Å². The maximum atomic E-state index is 12.3. The van der Waals surface area contributed by atoms with E-state index in [4.69, 9.17) is 16.2 Å². The lowest BCUT2D eigenvalue weighted by atomic mass is 9.95. The van der Waals surface area contributed by atoms with Crippen LogP contribution in [0.3, 0.4) is 0 Å². The van der Waals surface area contributed by atoms with Gasteiger partial charge in [-0.15, -0.1) is 0 Å². The molecule has 2 aromatic rings. The Kier molecular flexibility index (Phi) is 4.81. The number of pyridine rings is 2. The van der Waals surface area contributed by atoms with Crippen molar-refractivity contribution in [2.45, 2.75) is 26.2 Å². The largest absolute Gasteiger partial charge is 0.466 e. The van der Waals surface area contributed by atoms with Crippen molar-refractivity contribution < 1.29 is 14.3 Å². The number of hydrogen-bond acceptors (Lipinski definition) is 9. The number of esters is 1. The Balaban J connectivity index is 1.80. The normalized spacial score (nSPS) is 16.6. The highest BCUT2D eigenvalue weighted by Crippen LogP contribution is 2.41. The number of carbonyl (C=O) groups excluding carboxylic acids is 2. The number of ether oxygens (including phenoxy) is 1. The van der Waals surface area contributed by atoms with Gasteiger partial charge in [-0.05, 0) is 19.8 Å². The summed E-state index contributed by atoms with van der Waals surface area (Å²) in [5.74, 6) is 0.710. The van der Waals surface area contributed by atoms with Crippen LogP contribution < -0.4 is 21.3 Å². The zero-order chi connectivity index (χ0) is 21.6. The zero-order valence-electron chi connectivity index (χ0n) is 16.9. The maximum Gasteiger partial charge on any atom is 0.309 e. The molecule has 0 saturated carbocycles. The third-order valence-electron chi connectivity index (χ3n) is 5.81. The molecule has 4 N–H and O–H groups in total.